The molecule has 1 aromatic heterocycles. The number of fused-ring (bicyclic) bond motifs is 5. The van der Waals surface area contributed by atoms with E-state index in [1.54, 1.807) is 24.9 Å². The molecular formula is C23H18N4O2S. The fourth-order valence-corrected chi connectivity index (χ4v) is 5.53. The third-order valence-electron chi connectivity index (χ3n) is 5.57. The summed E-state index contributed by atoms with van der Waals surface area (Å²) in [5, 5.41) is 18.3. The van der Waals surface area contributed by atoms with Crippen LogP contribution in [0.1, 0.15) is 11.6 Å². The van der Waals surface area contributed by atoms with Gasteiger partial charge in [0.1, 0.15) is 0 Å². The van der Waals surface area contributed by atoms with Gasteiger partial charge < -0.3 is 9.84 Å². The highest BCUT2D eigenvalue weighted by molar-refractivity contribution is 8.01. The number of hydrogen-bond acceptors (Lipinski definition) is 6. The number of nitrogens with zero attached hydrogens (tertiary/aromatic N) is 4. The van der Waals surface area contributed by atoms with E-state index < -0.39 is 0 Å². The molecule has 0 spiro atoms. The number of hydrazone groups is 1. The average Bonchev–Trinajstić information content (AvgIpc) is 3.42. The zero-order valence-electron chi connectivity index (χ0n) is 16.1. The number of anilines is 1. The summed E-state index contributed by atoms with van der Waals surface area (Å²) in [5.74, 6) is 1.56. The summed E-state index contributed by atoms with van der Waals surface area (Å²) in [6, 6.07) is 23.8. The van der Waals surface area contributed by atoms with E-state index in [-0.39, 0.29) is 17.0 Å². The molecule has 0 bridgehead atoms. The lowest BCUT2D eigenvalue weighted by Crippen LogP contribution is -2.26. The number of methoxy groups -OCH3 is 1. The molecule has 3 heterocycles. The average molecular weight is 414 g/mol. The van der Waals surface area contributed by atoms with E-state index in [0.29, 0.717) is 5.75 Å². The zero-order chi connectivity index (χ0) is 20.2. The van der Waals surface area contributed by atoms with Crippen LogP contribution in [0.4, 0.5) is 5.69 Å². The molecule has 6 nitrogen and oxygen atoms in total. The molecule has 2 unspecified atom stereocenters. The lowest BCUT2D eigenvalue weighted by Gasteiger charge is -2.27. The van der Waals surface area contributed by atoms with Gasteiger partial charge in [-0.25, -0.2) is 4.98 Å². The van der Waals surface area contributed by atoms with Crippen LogP contribution in [0.25, 0.3) is 11.0 Å². The smallest absolute Gasteiger partial charge is 0.175 e. The molecule has 6 rings (SSSR count). The second-order valence-corrected chi connectivity index (χ2v) is 8.38. The number of aromatic nitrogens is 2. The molecule has 0 amide bonds. The van der Waals surface area contributed by atoms with Crippen LogP contribution < -0.4 is 9.75 Å². The normalized spacial score (nSPS) is 19.6. The quantitative estimate of drug-likeness (QED) is 0.529. The van der Waals surface area contributed by atoms with Gasteiger partial charge >= 0.3 is 0 Å². The summed E-state index contributed by atoms with van der Waals surface area (Å²) < 4.78 is 7.54. The number of phenolic OH excluding ortho intramolecular Hbond substituents is 1. The Bertz CT molecular complexity index is 1300. The van der Waals surface area contributed by atoms with Gasteiger partial charge in [-0.2, -0.15) is 5.10 Å². The van der Waals surface area contributed by atoms with E-state index in [4.69, 9.17) is 14.8 Å². The van der Waals surface area contributed by atoms with Crippen molar-refractivity contribution in [1.29, 1.82) is 0 Å². The van der Waals surface area contributed by atoms with Crippen LogP contribution in [-0.2, 0) is 0 Å². The van der Waals surface area contributed by atoms with Crippen LogP contribution in [0.5, 0.6) is 11.5 Å². The predicted molar refractivity (Wildman–Crippen MR) is 119 cm³/mol. The minimum absolute atomic E-state index is 0.0534. The molecule has 0 saturated carbocycles. The Balaban J connectivity index is 1.53. The Morgan fingerprint density at radius 2 is 1.80 bits per heavy atom. The van der Waals surface area contributed by atoms with Crippen LogP contribution in [0.2, 0.25) is 0 Å². The monoisotopic (exact) mass is 414 g/mol. The number of benzene rings is 3. The van der Waals surface area contributed by atoms with Gasteiger partial charge in [0.05, 0.1) is 35.1 Å². The number of para-hydroxylation sites is 3. The Hall–Kier alpha value is -3.45. The van der Waals surface area contributed by atoms with Gasteiger partial charge in [0, 0.05) is 0 Å². The van der Waals surface area contributed by atoms with Gasteiger partial charge in [-0.05, 0) is 42.0 Å². The highest BCUT2D eigenvalue weighted by Crippen LogP contribution is 2.49. The third-order valence-corrected chi connectivity index (χ3v) is 6.78. The molecule has 1 N–H and O–H groups in total. The standard InChI is InChI=1S/C23H18N4O2S/c1-29-19-13-14(11-12-18(19)28)20-21-22(25-27(20)15-7-3-2-4-8-15)26-17-10-6-5-9-16(17)24-23(26)30-21/h2-13,20-21,28H,1H3. The van der Waals surface area contributed by atoms with E-state index in [0.717, 1.165) is 33.3 Å². The first-order valence-corrected chi connectivity index (χ1v) is 10.6. The van der Waals surface area contributed by atoms with Gasteiger partial charge in [-0.3, -0.25) is 9.58 Å². The van der Waals surface area contributed by atoms with E-state index >= 15 is 0 Å². The first kappa shape index (κ1) is 17.4. The largest absolute Gasteiger partial charge is 0.504 e. The van der Waals surface area contributed by atoms with Crippen molar-refractivity contribution in [2.24, 2.45) is 5.10 Å². The summed E-state index contributed by atoms with van der Waals surface area (Å²) in [5.41, 5.74) is 4.09. The molecule has 0 saturated heterocycles. The number of aromatic hydroxyl groups is 1. The SMILES string of the molecule is COc1cc(C2C3Sc4nc5ccccc5n4C3=NN2c2ccccc2)ccc1O. The van der Waals surface area contributed by atoms with Crippen molar-refractivity contribution >= 4 is 34.3 Å². The van der Waals surface area contributed by atoms with Crippen molar-refractivity contribution in [3.8, 4) is 11.5 Å². The molecule has 4 aromatic rings. The lowest BCUT2D eigenvalue weighted by atomic mass is 10.0. The maximum absolute atomic E-state index is 10.1. The summed E-state index contributed by atoms with van der Waals surface area (Å²) in [4.78, 5) is 4.81. The van der Waals surface area contributed by atoms with Crippen LogP contribution in [0, 0.1) is 0 Å². The number of phenols is 1. The first-order chi connectivity index (χ1) is 14.7. The molecule has 2 aliphatic rings. The number of imidazole rings is 1. The maximum Gasteiger partial charge on any atom is 0.175 e. The maximum atomic E-state index is 10.1. The molecule has 0 fully saturated rings. The van der Waals surface area contributed by atoms with E-state index in [1.165, 1.54) is 0 Å². The van der Waals surface area contributed by atoms with E-state index in [1.807, 2.05) is 48.5 Å². The molecule has 3 aromatic carbocycles. The van der Waals surface area contributed by atoms with Gasteiger partial charge in [-0.1, -0.05) is 48.2 Å². The number of thioether (sulfide) groups is 1. The fraction of sp³-hybridized carbons (Fsp3) is 0.130. The number of ether oxygens (including phenoxy) is 1. The van der Waals surface area contributed by atoms with Crippen molar-refractivity contribution in [3.63, 3.8) is 0 Å². The zero-order valence-corrected chi connectivity index (χ0v) is 17.0. The molecule has 148 valence electrons. The second kappa shape index (κ2) is 6.53. The second-order valence-electron chi connectivity index (χ2n) is 7.27. The minimum atomic E-state index is -0.0534. The summed E-state index contributed by atoms with van der Waals surface area (Å²) in [6.45, 7) is 0. The highest BCUT2D eigenvalue weighted by Gasteiger charge is 2.46. The van der Waals surface area contributed by atoms with E-state index in [2.05, 4.69) is 27.8 Å². The molecule has 30 heavy (non-hydrogen) atoms. The summed E-state index contributed by atoms with van der Waals surface area (Å²) in [7, 11) is 1.57. The Morgan fingerprint density at radius 3 is 2.63 bits per heavy atom. The van der Waals surface area contributed by atoms with Crippen molar-refractivity contribution in [3.05, 3.63) is 78.4 Å². The Labute approximate surface area is 177 Å². The van der Waals surface area contributed by atoms with Gasteiger partial charge in [0.15, 0.2) is 22.5 Å². The van der Waals surface area contributed by atoms with Crippen LogP contribution in [-0.4, -0.2) is 32.9 Å². The van der Waals surface area contributed by atoms with Gasteiger partial charge in [0.2, 0.25) is 0 Å². The van der Waals surface area contributed by atoms with Crippen LogP contribution in [0.15, 0.2) is 83.1 Å². The Kier molecular flexibility index (Phi) is 3.79. The first-order valence-electron chi connectivity index (χ1n) is 9.69. The topological polar surface area (TPSA) is 62.9 Å². The predicted octanol–water partition coefficient (Wildman–Crippen LogP) is 4.65. The summed E-state index contributed by atoms with van der Waals surface area (Å²) in [6.07, 6.45) is 0. The minimum Gasteiger partial charge on any atom is -0.504 e. The van der Waals surface area contributed by atoms with Crippen LogP contribution >= 0.6 is 11.8 Å². The molecule has 7 heteroatoms. The molecular weight excluding hydrogens is 396 g/mol. The van der Waals surface area contributed by atoms with Crippen molar-refractivity contribution < 1.29 is 9.84 Å². The molecule has 2 aliphatic heterocycles. The van der Waals surface area contributed by atoms with E-state index in [9.17, 15) is 5.11 Å². The molecule has 0 radical (unpaired) electrons. The number of hydrogen-bond donors (Lipinski definition) is 1. The highest BCUT2D eigenvalue weighted by atomic mass is 32.2. The number of rotatable bonds is 3. The van der Waals surface area contributed by atoms with Crippen molar-refractivity contribution in [1.82, 2.24) is 9.55 Å². The van der Waals surface area contributed by atoms with Crippen LogP contribution in [0.3, 0.4) is 0 Å². The van der Waals surface area contributed by atoms with Gasteiger partial charge in [-0.15, -0.1) is 0 Å². The lowest BCUT2D eigenvalue weighted by molar-refractivity contribution is 0.372. The van der Waals surface area contributed by atoms with Crippen molar-refractivity contribution in [2.75, 3.05) is 12.1 Å². The molecule has 0 aliphatic carbocycles. The summed E-state index contributed by atoms with van der Waals surface area (Å²) >= 11 is 1.73. The Morgan fingerprint density at radius 1 is 1.00 bits per heavy atom. The molecule has 2 atom stereocenters. The van der Waals surface area contributed by atoms with Crippen molar-refractivity contribution in [2.45, 2.75) is 16.4 Å². The fourth-order valence-electron chi connectivity index (χ4n) is 4.20. The third kappa shape index (κ3) is 2.45. The van der Waals surface area contributed by atoms with Gasteiger partial charge in [0.25, 0.3) is 0 Å².